The van der Waals surface area contributed by atoms with Crippen molar-refractivity contribution in [3.63, 3.8) is 0 Å². The number of rotatable bonds is 4. The summed E-state index contributed by atoms with van der Waals surface area (Å²) in [7, 11) is 0. The van der Waals surface area contributed by atoms with E-state index in [0.717, 1.165) is 24.8 Å². The highest BCUT2D eigenvalue weighted by molar-refractivity contribution is 6.21. The third-order valence-corrected chi connectivity index (χ3v) is 5.04. The van der Waals surface area contributed by atoms with Crippen molar-refractivity contribution in [3.05, 3.63) is 41.7 Å². The molecule has 3 rings (SSSR count). The first kappa shape index (κ1) is 15.8. The van der Waals surface area contributed by atoms with Crippen LogP contribution in [0.1, 0.15) is 45.6 Å². The van der Waals surface area contributed by atoms with Gasteiger partial charge in [-0.2, -0.15) is 0 Å². The molecule has 0 radical (unpaired) electrons. The van der Waals surface area contributed by atoms with Crippen molar-refractivity contribution in [1.29, 1.82) is 0 Å². The van der Waals surface area contributed by atoms with Crippen molar-refractivity contribution < 1.29 is 14.3 Å². The molecule has 23 heavy (non-hydrogen) atoms. The summed E-state index contributed by atoms with van der Waals surface area (Å²) in [5.74, 6) is 0.722. The van der Waals surface area contributed by atoms with Crippen LogP contribution in [0.5, 0.6) is 0 Å². The minimum atomic E-state index is -0.844. The average molecular weight is 313 g/mol. The highest BCUT2D eigenvalue weighted by atomic mass is 16.5. The van der Waals surface area contributed by atoms with Crippen molar-refractivity contribution in [1.82, 2.24) is 4.90 Å². The molecular formula is C19H23NO3. The lowest BCUT2D eigenvalue weighted by atomic mass is 9.75. The van der Waals surface area contributed by atoms with Gasteiger partial charge in [0.15, 0.2) is 12.5 Å². The second-order valence-corrected chi connectivity index (χ2v) is 6.85. The molecule has 2 aliphatic rings. The number of carbonyl (C=O) groups excluding carboxylic acids is 2. The summed E-state index contributed by atoms with van der Waals surface area (Å²) in [6.45, 7) is 5.60. The van der Waals surface area contributed by atoms with Crippen molar-refractivity contribution >= 4 is 17.3 Å². The maximum absolute atomic E-state index is 13.1. The number of hydrogen-bond donors (Lipinski definition) is 0. The summed E-state index contributed by atoms with van der Waals surface area (Å²) in [6.07, 6.45) is 2.97. The first-order valence-electron chi connectivity index (χ1n) is 8.18. The van der Waals surface area contributed by atoms with Crippen LogP contribution < -0.4 is 0 Å². The molecule has 0 spiro atoms. The molecular weight excluding hydrogens is 290 g/mol. The van der Waals surface area contributed by atoms with E-state index in [0.29, 0.717) is 11.3 Å². The van der Waals surface area contributed by atoms with Crippen LogP contribution in [0, 0.1) is 5.92 Å². The number of benzene rings is 1. The molecule has 1 saturated carbocycles. The monoisotopic (exact) mass is 313 g/mol. The van der Waals surface area contributed by atoms with E-state index in [4.69, 9.17) is 4.74 Å². The van der Waals surface area contributed by atoms with Crippen LogP contribution in [-0.4, -0.2) is 28.9 Å². The summed E-state index contributed by atoms with van der Waals surface area (Å²) in [4.78, 5) is 27.4. The van der Waals surface area contributed by atoms with Gasteiger partial charge in [0.1, 0.15) is 5.76 Å². The summed E-state index contributed by atoms with van der Waals surface area (Å²) in [6, 6.07) is 9.49. The van der Waals surface area contributed by atoms with E-state index in [2.05, 4.69) is 0 Å². The topological polar surface area (TPSA) is 46.6 Å². The number of carbonyl (C=O) groups is 2. The molecule has 0 saturated heterocycles. The maximum atomic E-state index is 13.1. The van der Waals surface area contributed by atoms with E-state index in [1.165, 1.54) is 0 Å². The third-order valence-electron chi connectivity index (χ3n) is 5.04. The number of ether oxygens (including phenoxy) is 1. The Balaban J connectivity index is 1.91. The average Bonchev–Trinajstić information content (AvgIpc) is 2.46. The zero-order valence-corrected chi connectivity index (χ0v) is 14.0. The lowest BCUT2D eigenvalue weighted by Gasteiger charge is -2.43. The molecule has 1 aromatic carbocycles. The van der Waals surface area contributed by atoms with Gasteiger partial charge in [-0.3, -0.25) is 14.5 Å². The van der Waals surface area contributed by atoms with Crippen LogP contribution in [0.15, 0.2) is 36.1 Å². The Morgan fingerprint density at radius 3 is 2.43 bits per heavy atom. The first-order chi connectivity index (χ1) is 10.9. The quantitative estimate of drug-likeness (QED) is 0.856. The summed E-state index contributed by atoms with van der Waals surface area (Å²) < 4.78 is 5.73. The van der Waals surface area contributed by atoms with Gasteiger partial charge in [0.05, 0.1) is 11.1 Å². The standard InChI is InChI=1S/C19H23NO3/c1-13-16(14-8-5-4-6-9-14)18(22)20(12-23-13)19(2,3)17(21)15-10-7-11-15/h4-6,8-9,15H,7,10-12H2,1-3H3. The Morgan fingerprint density at radius 2 is 1.87 bits per heavy atom. The van der Waals surface area contributed by atoms with Crippen molar-refractivity contribution in [2.24, 2.45) is 5.92 Å². The number of hydrogen-bond acceptors (Lipinski definition) is 3. The second-order valence-electron chi connectivity index (χ2n) is 6.85. The van der Waals surface area contributed by atoms with E-state index in [9.17, 15) is 9.59 Å². The summed E-state index contributed by atoms with van der Waals surface area (Å²) in [5.41, 5.74) is 0.529. The predicted molar refractivity (Wildman–Crippen MR) is 88.3 cm³/mol. The van der Waals surface area contributed by atoms with Gasteiger partial charge in [-0.25, -0.2) is 0 Å². The molecule has 0 atom stereocenters. The minimum absolute atomic E-state index is 0.0879. The lowest BCUT2D eigenvalue weighted by Crippen LogP contribution is -2.57. The predicted octanol–water partition coefficient (Wildman–Crippen LogP) is 3.38. The molecule has 4 heteroatoms. The third kappa shape index (κ3) is 2.67. The number of amides is 1. The van der Waals surface area contributed by atoms with E-state index < -0.39 is 5.54 Å². The van der Waals surface area contributed by atoms with Crippen LogP contribution in [0.25, 0.3) is 5.57 Å². The Kier molecular flexibility index (Phi) is 4.00. The lowest BCUT2D eigenvalue weighted by molar-refractivity contribution is -0.151. The molecule has 1 aromatic rings. The van der Waals surface area contributed by atoms with E-state index in [1.54, 1.807) is 11.8 Å². The summed E-state index contributed by atoms with van der Waals surface area (Å²) in [5, 5.41) is 0. The zero-order valence-electron chi connectivity index (χ0n) is 14.0. The second kappa shape index (κ2) is 5.84. The fourth-order valence-electron chi connectivity index (χ4n) is 3.23. The highest BCUT2D eigenvalue weighted by Crippen LogP contribution is 2.36. The van der Waals surface area contributed by atoms with Crippen LogP contribution in [0.4, 0.5) is 0 Å². The Bertz CT molecular complexity index is 656. The molecule has 1 fully saturated rings. The van der Waals surface area contributed by atoms with Crippen LogP contribution >= 0.6 is 0 Å². The molecule has 0 bridgehead atoms. The van der Waals surface area contributed by atoms with E-state index >= 15 is 0 Å². The van der Waals surface area contributed by atoms with Gasteiger partial charge in [0.2, 0.25) is 0 Å². The maximum Gasteiger partial charge on any atom is 0.261 e. The van der Waals surface area contributed by atoms with Gasteiger partial charge in [0, 0.05) is 5.92 Å². The van der Waals surface area contributed by atoms with Gasteiger partial charge in [-0.1, -0.05) is 36.8 Å². The molecule has 1 aliphatic heterocycles. The SMILES string of the molecule is CC1=C(c2ccccc2)C(=O)N(C(C)(C)C(=O)C2CCC2)CO1. The zero-order chi connectivity index (χ0) is 16.6. The molecule has 1 amide bonds. The van der Waals surface area contributed by atoms with Gasteiger partial charge >= 0.3 is 0 Å². The van der Waals surface area contributed by atoms with Crippen molar-refractivity contribution in [2.45, 2.75) is 45.6 Å². The highest BCUT2D eigenvalue weighted by Gasteiger charge is 2.45. The number of nitrogens with zero attached hydrogens (tertiary/aromatic N) is 1. The van der Waals surface area contributed by atoms with Gasteiger partial charge in [-0.05, 0) is 39.2 Å². The molecule has 122 valence electrons. The molecule has 0 unspecified atom stereocenters. The molecule has 0 aromatic heterocycles. The van der Waals surface area contributed by atoms with E-state index in [-0.39, 0.29) is 24.3 Å². The van der Waals surface area contributed by atoms with Crippen molar-refractivity contribution in [3.8, 4) is 0 Å². The summed E-state index contributed by atoms with van der Waals surface area (Å²) >= 11 is 0. The minimum Gasteiger partial charge on any atom is -0.477 e. The normalized spacial score (nSPS) is 19.4. The number of allylic oxidation sites excluding steroid dienone is 1. The fraction of sp³-hybridized carbons (Fsp3) is 0.474. The van der Waals surface area contributed by atoms with Gasteiger partial charge in [-0.15, -0.1) is 0 Å². The van der Waals surface area contributed by atoms with Crippen molar-refractivity contribution in [2.75, 3.05) is 6.73 Å². The number of Topliss-reactive ketones (excluding diaryl/α,β-unsaturated/α-hetero) is 1. The molecule has 4 nitrogen and oxygen atoms in total. The van der Waals surface area contributed by atoms with E-state index in [1.807, 2.05) is 44.2 Å². The van der Waals surface area contributed by atoms with Crippen LogP contribution in [-0.2, 0) is 14.3 Å². The van der Waals surface area contributed by atoms with Crippen LogP contribution in [0.3, 0.4) is 0 Å². The molecule has 1 aliphatic carbocycles. The van der Waals surface area contributed by atoms with Crippen LogP contribution in [0.2, 0.25) is 0 Å². The van der Waals surface area contributed by atoms with Gasteiger partial charge < -0.3 is 4.74 Å². The molecule has 1 heterocycles. The number of ketones is 1. The smallest absolute Gasteiger partial charge is 0.261 e. The largest absolute Gasteiger partial charge is 0.477 e. The van der Waals surface area contributed by atoms with Gasteiger partial charge in [0.25, 0.3) is 5.91 Å². The Hall–Kier alpha value is -2.10. The molecule has 0 N–H and O–H groups in total. The first-order valence-corrected chi connectivity index (χ1v) is 8.18. The Labute approximate surface area is 137 Å². The fourth-order valence-corrected chi connectivity index (χ4v) is 3.23. The Morgan fingerprint density at radius 1 is 1.22 bits per heavy atom.